The fraction of sp³-hybridized carbons (Fsp3) is 0.333. The second-order valence-corrected chi connectivity index (χ2v) is 15.9. The van der Waals surface area contributed by atoms with Gasteiger partial charge < -0.3 is 14.7 Å². The van der Waals surface area contributed by atoms with E-state index in [1.165, 1.54) is 6.92 Å². The SMILES string of the molecule is CC(=O)Nc1ccc2c(c1)N(CCC[N+](C)(C)C)/C(=C\C(C)=C/c1sc3ccc4ccccc4c3[n+]1CCCS(=O)(=O)O)S2. The van der Waals surface area contributed by atoms with Gasteiger partial charge in [0.1, 0.15) is 4.70 Å². The van der Waals surface area contributed by atoms with E-state index in [0.29, 0.717) is 13.0 Å². The number of amides is 1. The number of allylic oxidation sites excluding steroid dienone is 2. The van der Waals surface area contributed by atoms with E-state index in [4.69, 9.17) is 0 Å². The molecule has 1 aliphatic heterocycles. The summed E-state index contributed by atoms with van der Waals surface area (Å²) in [6.07, 6.45) is 5.68. The van der Waals surface area contributed by atoms with Gasteiger partial charge in [-0.05, 0) is 54.3 Å². The molecule has 0 spiro atoms. The third-order valence-electron chi connectivity index (χ3n) is 7.36. The lowest BCUT2D eigenvalue weighted by Gasteiger charge is -2.26. The lowest BCUT2D eigenvalue weighted by Crippen LogP contribution is -2.37. The summed E-state index contributed by atoms with van der Waals surface area (Å²) in [7, 11) is 2.55. The molecule has 0 fully saturated rings. The first-order valence-electron chi connectivity index (χ1n) is 14.6. The zero-order valence-corrected chi connectivity index (χ0v) is 28.3. The number of carbonyl (C=O) groups is 1. The molecular formula is C33H40N4O4S3+2. The molecule has 11 heteroatoms. The van der Waals surface area contributed by atoms with E-state index in [2.05, 4.69) is 91.4 Å². The molecule has 232 valence electrons. The third-order valence-corrected chi connectivity index (χ3v) is 10.4. The molecule has 2 heterocycles. The van der Waals surface area contributed by atoms with Crippen molar-refractivity contribution in [2.45, 2.75) is 38.1 Å². The molecule has 4 aromatic rings. The summed E-state index contributed by atoms with van der Waals surface area (Å²) in [5.74, 6) is -0.381. The van der Waals surface area contributed by atoms with Crippen LogP contribution in [0.2, 0.25) is 0 Å². The summed E-state index contributed by atoms with van der Waals surface area (Å²) in [6, 6.07) is 18.5. The molecule has 0 unspecified atom stereocenters. The summed E-state index contributed by atoms with van der Waals surface area (Å²) in [5.41, 5.74) is 4.02. The molecule has 0 saturated heterocycles. The zero-order valence-electron chi connectivity index (χ0n) is 25.8. The van der Waals surface area contributed by atoms with Crippen LogP contribution in [0.25, 0.3) is 27.1 Å². The molecule has 0 saturated carbocycles. The van der Waals surface area contributed by atoms with Gasteiger partial charge in [0.2, 0.25) is 11.4 Å². The van der Waals surface area contributed by atoms with Gasteiger partial charge in [-0.2, -0.15) is 13.0 Å². The number of thiazole rings is 1. The van der Waals surface area contributed by atoms with Crippen molar-refractivity contribution in [3.05, 3.63) is 76.3 Å². The van der Waals surface area contributed by atoms with Crippen LogP contribution in [-0.2, 0) is 21.5 Å². The molecule has 1 aliphatic rings. The Morgan fingerprint density at radius 3 is 2.57 bits per heavy atom. The highest BCUT2D eigenvalue weighted by Gasteiger charge is 2.27. The van der Waals surface area contributed by atoms with Gasteiger partial charge in [-0.25, -0.2) is 0 Å². The summed E-state index contributed by atoms with van der Waals surface area (Å²) in [6.45, 7) is 5.96. The predicted molar refractivity (Wildman–Crippen MR) is 184 cm³/mol. The number of nitrogens with zero attached hydrogens (tertiary/aromatic N) is 3. The zero-order chi connectivity index (χ0) is 31.6. The number of aromatic nitrogens is 1. The average Bonchev–Trinajstić information content (AvgIpc) is 3.44. The van der Waals surface area contributed by atoms with Gasteiger partial charge in [-0.1, -0.05) is 47.4 Å². The molecule has 0 atom stereocenters. The summed E-state index contributed by atoms with van der Waals surface area (Å²) in [5, 5.41) is 7.30. The quantitative estimate of drug-likeness (QED) is 0.109. The van der Waals surface area contributed by atoms with Crippen LogP contribution in [-0.4, -0.2) is 63.3 Å². The Labute approximate surface area is 268 Å². The van der Waals surface area contributed by atoms with Crippen LogP contribution >= 0.6 is 23.1 Å². The molecule has 2 N–H and O–H groups in total. The Balaban J connectivity index is 1.53. The Morgan fingerprint density at radius 2 is 1.84 bits per heavy atom. The molecule has 1 aromatic heterocycles. The van der Waals surface area contributed by atoms with E-state index < -0.39 is 10.1 Å². The largest absolute Gasteiger partial charge is 0.335 e. The highest BCUT2D eigenvalue weighted by molar-refractivity contribution is 8.03. The third kappa shape index (κ3) is 7.89. The Hall–Kier alpha value is -3.22. The van der Waals surface area contributed by atoms with Gasteiger partial charge in [0.15, 0.2) is 6.54 Å². The predicted octanol–water partition coefficient (Wildman–Crippen LogP) is 6.53. The fourth-order valence-corrected chi connectivity index (χ4v) is 8.35. The number of fused-ring (bicyclic) bond motifs is 4. The minimum Gasteiger partial charge on any atom is -0.335 e. The van der Waals surface area contributed by atoms with Crippen molar-refractivity contribution >= 4 is 77.6 Å². The van der Waals surface area contributed by atoms with Crippen molar-refractivity contribution in [2.75, 3.05) is 50.2 Å². The standard InChI is InChI=1S/C33H38N4O4S3/c1-23(20-31-35(16-8-18-37(3,4)5)28-22-26(34-24(2)38)13-15-29(28)42-31)21-32-36(17-9-19-44(39,40)41)33-27-11-7-6-10-25(27)12-14-30(33)43-32/h6-7,10-15,20-22H,8-9,16-19H2,1-5H3/p+2. The Kier molecular flexibility index (Phi) is 9.52. The van der Waals surface area contributed by atoms with Crippen LogP contribution in [0.5, 0.6) is 0 Å². The van der Waals surface area contributed by atoms with E-state index in [1.807, 2.05) is 18.2 Å². The maximum absolute atomic E-state index is 11.7. The van der Waals surface area contributed by atoms with E-state index in [0.717, 1.165) is 76.9 Å². The van der Waals surface area contributed by atoms with Crippen LogP contribution in [0.4, 0.5) is 11.4 Å². The minimum atomic E-state index is -4.05. The van der Waals surface area contributed by atoms with Crippen molar-refractivity contribution in [2.24, 2.45) is 0 Å². The molecule has 3 aromatic carbocycles. The van der Waals surface area contributed by atoms with Crippen molar-refractivity contribution in [3.8, 4) is 0 Å². The number of aryl methyl sites for hydroxylation is 1. The minimum absolute atomic E-state index is 0.0947. The molecule has 0 radical (unpaired) electrons. The number of benzene rings is 3. The first-order valence-corrected chi connectivity index (χ1v) is 17.9. The number of thioether (sulfide) groups is 1. The van der Waals surface area contributed by atoms with Crippen LogP contribution < -0.4 is 14.8 Å². The monoisotopic (exact) mass is 652 g/mol. The van der Waals surface area contributed by atoms with Gasteiger partial charge in [-0.15, -0.1) is 0 Å². The number of nitrogens with one attached hydrogen (secondary N) is 1. The number of rotatable bonds is 11. The maximum atomic E-state index is 11.7. The highest BCUT2D eigenvalue weighted by Crippen LogP contribution is 2.47. The summed E-state index contributed by atoms with van der Waals surface area (Å²) < 4.78 is 36.6. The van der Waals surface area contributed by atoms with Crippen LogP contribution in [0.15, 0.2) is 76.2 Å². The van der Waals surface area contributed by atoms with Gasteiger partial charge >= 0.3 is 0 Å². The topological polar surface area (TPSA) is 90.6 Å². The van der Waals surface area contributed by atoms with E-state index in [1.54, 1.807) is 23.1 Å². The van der Waals surface area contributed by atoms with E-state index in [-0.39, 0.29) is 11.7 Å². The van der Waals surface area contributed by atoms with Crippen molar-refractivity contribution in [1.29, 1.82) is 0 Å². The number of quaternary nitrogens is 1. The van der Waals surface area contributed by atoms with Crippen molar-refractivity contribution in [3.63, 3.8) is 0 Å². The molecule has 8 nitrogen and oxygen atoms in total. The van der Waals surface area contributed by atoms with Crippen molar-refractivity contribution < 1.29 is 26.8 Å². The van der Waals surface area contributed by atoms with Crippen LogP contribution in [0.3, 0.4) is 0 Å². The second kappa shape index (κ2) is 13.0. The van der Waals surface area contributed by atoms with E-state index in [9.17, 15) is 17.8 Å². The van der Waals surface area contributed by atoms with Crippen LogP contribution in [0, 0.1) is 0 Å². The molecule has 44 heavy (non-hydrogen) atoms. The normalized spacial score (nSPS) is 15.0. The first kappa shape index (κ1) is 32.2. The van der Waals surface area contributed by atoms with E-state index >= 15 is 0 Å². The van der Waals surface area contributed by atoms with Crippen LogP contribution in [0.1, 0.15) is 31.7 Å². The summed E-state index contributed by atoms with van der Waals surface area (Å²) >= 11 is 3.40. The Morgan fingerprint density at radius 1 is 1.07 bits per heavy atom. The van der Waals surface area contributed by atoms with Gasteiger partial charge in [-0.3, -0.25) is 9.35 Å². The molecule has 0 bridgehead atoms. The number of anilines is 2. The molecule has 5 rings (SSSR count). The molecular weight excluding hydrogens is 613 g/mol. The summed E-state index contributed by atoms with van der Waals surface area (Å²) in [4.78, 5) is 15.2. The van der Waals surface area contributed by atoms with Gasteiger partial charge in [0, 0.05) is 43.0 Å². The fourth-order valence-electron chi connectivity index (χ4n) is 5.46. The maximum Gasteiger partial charge on any atom is 0.265 e. The second-order valence-electron chi connectivity index (χ2n) is 12.2. The van der Waals surface area contributed by atoms with Gasteiger partial charge in [0.05, 0.1) is 49.5 Å². The highest BCUT2D eigenvalue weighted by atomic mass is 32.2. The lowest BCUT2D eigenvalue weighted by atomic mass is 10.1. The van der Waals surface area contributed by atoms with Crippen molar-refractivity contribution in [1.82, 2.24) is 0 Å². The van der Waals surface area contributed by atoms with Gasteiger partial charge in [0.25, 0.3) is 15.1 Å². The molecule has 0 aliphatic carbocycles. The lowest BCUT2D eigenvalue weighted by molar-refractivity contribution is -0.870. The number of carbonyl (C=O) groups excluding carboxylic acids is 1. The number of hydrogen-bond acceptors (Lipinski definition) is 6. The smallest absolute Gasteiger partial charge is 0.265 e. The average molecular weight is 653 g/mol. The first-order chi connectivity index (χ1) is 20.8. The Bertz CT molecular complexity index is 1890. The molecule has 1 amide bonds. The number of hydrogen-bond donors (Lipinski definition) is 2.